The first-order valence-corrected chi connectivity index (χ1v) is 34.5. The summed E-state index contributed by atoms with van der Waals surface area (Å²) >= 11 is 0. The van der Waals surface area contributed by atoms with Crippen LogP contribution in [0.15, 0.2) is 315 Å². The Morgan fingerprint density at radius 1 is 0.235 bits per heavy atom. The van der Waals surface area contributed by atoms with E-state index < -0.39 is 18.3 Å². The van der Waals surface area contributed by atoms with Crippen LogP contribution >= 0.6 is 0 Å². The van der Waals surface area contributed by atoms with Crippen LogP contribution in [0.3, 0.4) is 0 Å². The van der Waals surface area contributed by atoms with Gasteiger partial charge in [0.15, 0.2) is 0 Å². The molecule has 0 aliphatic carbocycles. The van der Waals surface area contributed by atoms with Crippen molar-refractivity contribution >= 4 is 121 Å². The molecule has 1 aliphatic heterocycles. The van der Waals surface area contributed by atoms with Crippen LogP contribution in [0.25, 0.3) is 164 Å². The number of aromatic nitrogens is 2. The van der Waals surface area contributed by atoms with Gasteiger partial charge in [0.1, 0.15) is 0 Å². The molecule has 0 saturated carbocycles. The van der Waals surface area contributed by atoms with Crippen LogP contribution in [0, 0.1) is 6.92 Å². The summed E-state index contributed by atoms with van der Waals surface area (Å²) in [5.41, 5.74) is 17.9. The molecule has 1 saturated heterocycles. The highest BCUT2D eigenvalue weighted by Gasteiger charge is 2.52. The Labute approximate surface area is 572 Å². The van der Waals surface area contributed by atoms with Crippen molar-refractivity contribution in [3.05, 3.63) is 321 Å². The molecule has 0 radical (unpaired) electrons. The zero-order valence-electron chi connectivity index (χ0n) is 56.3. The first-order chi connectivity index (χ1) is 48.0. The summed E-state index contributed by atoms with van der Waals surface area (Å²) in [5, 5.41) is 20.4. The molecule has 19 rings (SSSR count). The topological polar surface area (TPSA) is 28.3 Å². The summed E-state index contributed by atoms with van der Waals surface area (Å²) in [6, 6.07) is 115. The van der Waals surface area contributed by atoms with Crippen molar-refractivity contribution in [2.45, 2.75) is 59.7 Å². The minimum absolute atomic E-state index is 0.464. The molecule has 0 unspecified atom stereocenters. The molecule has 0 amide bonds. The molecule has 0 atom stereocenters. The summed E-state index contributed by atoms with van der Waals surface area (Å²) in [6.45, 7) is 14.7. The summed E-state index contributed by atoms with van der Waals surface area (Å²) in [4.78, 5) is 0. The van der Waals surface area contributed by atoms with Crippen LogP contribution < -0.4 is 5.46 Å². The monoisotopic (exact) mass is 1260 g/mol. The number of hydrogen-bond acceptors (Lipinski definition) is 2. The van der Waals surface area contributed by atoms with E-state index in [-0.39, 0.29) is 0 Å². The fourth-order valence-electron chi connectivity index (χ4n) is 15.4. The normalized spacial score (nSPS) is 13.5. The molecule has 3 heterocycles. The van der Waals surface area contributed by atoms with Gasteiger partial charge in [-0.1, -0.05) is 269 Å². The minimum atomic E-state index is -0.512. The molecule has 0 bridgehead atoms. The van der Waals surface area contributed by atoms with Crippen molar-refractivity contribution in [2.75, 3.05) is 0 Å². The Bertz CT molecular complexity index is 6090. The van der Waals surface area contributed by atoms with E-state index in [9.17, 15) is 0 Å². The van der Waals surface area contributed by atoms with E-state index in [0.29, 0.717) is 0 Å². The third-order valence-corrected chi connectivity index (χ3v) is 20.8. The van der Waals surface area contributed by atoms with Gasteiger partial charge in [-0.3, -0.25) is 0 Å². The fraction of sp³-hybridized carbons (Fsp3) is 0.0968. The lowest BCUT2D eigenvalue weighted by Gasteiger charge is -2.32. The molecule has 18 aromatic rings. The predicted octanol–water partition coefficient (Wildman–Crippen LogP) is 24.8. The van der Waals surface area contributed by atoms with Gasteiger partial charge in [0, 0.05) is 32.9 Å². The molecular weight excluding hydrogens is 1190 g/mol. The van der Waals surface area contributed by atoms with Crippen LogP contribution in [-0.4, -0.2) is 27.5 Å². The molecule has 98 heavy (non-hydrogen) atoms. The molecule has 1 fully saturated rings. The average molecular weight is 1260 g/mol. The SMILES string of the molecule is CC.CC1(C)OB(c2cc(-c3ccc4c5ccccc5c5ccccc5c4c3)cc(-n3c4ccccc4c4ccc(-c5ccccc5)cc43)c2)OC1(C)C.Cc1cc(-c2ccc3c4ccccc4c4ccccc4c3c2)cc(-n2c3ccccc3c3ccc(-c4ccccc4)cc32)c1. The van der Waals surface area contributed by atoms with Crippen LogP contribution in [0.5, 0.6) is 0 Å². The summed E-state index contributed by atoms with van der Waals surface area (Å²) in [7, 11) is -0.512. The Kier molecular flexibility index (Phi) is 14.8. The van der Waals surface area contributed by atoms with Gasteiger partial charge in [-0.2, -0.15) is 0 Å². The number of rotatable bonds is 7. The van der Waals surface area contributed by atoms with Crippen molar-refractivity contribution in [1.82, 2.24) is 9.13 Å². The van der Waals surface area contributed by atoms with Crippen LogP contribution in [0.2, 0.25) is 0 Å². The smallest absolute Gasteiger partial charge is 0.399 e. The lowest BCUT2D eigenvalue weighted by Crippen LogP contribution is -2.41. The van der Waals surface area contributed by atoms with E-state index in [4.69, 9.17) is 9.31 Å². The second kappa shape index (κ2) is 24.1. The van der Waals surface area contributed by atoms with Crippen molar-refractivity contribution in [3.63, 3.8) is 0 Å². The maximum absolute atomic E-state index is 6.71. The van der Waals surface area contributed by atoms with E-state index in [1.165, 1.54) is 142 Å². The van der Waals surface area contributed by atoms with Gasteiger partial charge in [0.2, 0.25) is 0 Å². The number of para-hydroxylation sites is 2. The fourth-order valence-corrected chi connectivity index (χ4v) is 15.4. The van der Waals surface area contributed by atoms with E-state index >= 15 is 0 Å². The molecule has 2 aromatic heterocycles. The van der Waals surface area contributed by atoms with Gasteiger partial charge >= 0.3 is 7.12 Å². The maximum Gasteiger partial charge on any atom is 0.494 e. The van der Waals surface area contributed by atoms with Gasteiger partial charge < -0.3 is 18.4 Å². The molecule has 4 nitrogen and oxygen atoms in total. The Morgan fingerprint density at radius 3 is 0.929 bits per heavy atom. The number of aryl methyl sites for hydroxylation is 1. The van der Waals surface area contributed by atoms with Gasteiger partial charge in [-0.25, -0.2) is 0 Å². The predicted molar refractivity (Wildman–Crippen MR) is 420 cm³/mol. The molecule has 470 valence electrons. The Morgan fingerprint density at radius 2 is 0.531 bits per heavy atom. The van der Waals surface area contributed by atoms with Crippen LogP contribution in [0.1, 0.15) is 47.1 Å². The average Bonchev–Trinajstić information content (AvgIpc) is 1.44. The molecule has 16 aromatic carbocycles. The summed E-state index contributed by atoms with van der Waals surface area (Å²) in [5.74, 6) is 0. The third kappa shape index (κ3) is 10.1. The molecule has 0 spiro atoms. The largest absolute Gasteiger partial charge is 0.494 e. The van der Waals surface area contributed by atoms with Crippen molar-refractivity contribution < 1.29 is 9.31 Å². The third-order valence-electron chi connectivity index (χ3n) is 20.8. The lowest BCUT2D eigenvalue weighted by atomic mass is 9.77. The highest BCUT2D eigenvalue weighted by atomic mass is 16.7. The summed E-state index contributed by atoms with van der Waals surface area (Å²) < 4.78 is 18.3. The maximum atomic E-state index is 6.71. The minimum Gasteiger partial charge on any atom is -0.399 e. The highest BCUT2D eigenvalue weighted by Crippen LogP contribution is 2.44. The number of nitrogens with zero attached hydrogens (tertiary/aromatic N) is 2. The van der Waals surface area contributed by atoms with E-state index in [2.05, 4.69) is 359 Å². The molecule has 0 N–H and O–H groups in total. The van der Waals surface area contributed by atoms with Gasteiger partial charge in [-0.15, -0.1) is 0 Å². The van der Waals surface area contributed by atoms with E-state index in [0.717, 1.165) is 33.3 Å². The number of hydrogen-bond donors (Lipinski definition) is 0. The van der Waals surface area contributed by atoms with Crippen molar-refractivity contribution in [2.24, 2.45) is 0 Å². The number of benzene rings is 16. The Balaban J connectivity index is 0.000000146. The van der Waals surface area contributed by atoms with Gasteiger partial charge in [-0.05, 0) is 215 Å². The molecule has 5 heteroatoms. The lowest BCUT2D eigenvalue weighted by molar-refractivity contribution is 0.00578. The quantitative estimate of drug-likeness (QED) is 0.118. The molecular formula is C93H73BN2O2. The zero-order chi connectivity index (χ0) is 66.4. The van der Waals surface area contributed by atoms with Crippen molar-refractivity contribution in [1.29, 1.82) is 0 Å². The van der Waals surface area contributed by atoms with E-state index in [1.54, 1.807) is 0 Å². The second-order valence-electron chi connectivity index (χ2n) is 27.1. The number of fused-ring (bicyclic) bond motifs is 18. The second-order valence-corrected chi connectivity index (χ2v) is 27.1. The van der Waals surface area contributed by atoms with Crippen LogP contribution in [0.4, 0.5) is 0 Å². The van der Waals surface area contributed by atoms with Crippen LogP contribution in [-0.2, 0) is 9.31 Å². The van der Waals surface area contributed by atoms with Gasteiger partial charge in [0.05, 0.1) is 33.3 Å². The first-order valence-electron chi connectivity index (χ1n) is 34.5. The highest BCUT2D eigenvalue weighted by molar-refractivity contribution is 6.62. The molecule has 1 aliphatic rings. The first kappa shape index (κ1) is 60.3. The summed E-state index contributed by atoms with van der Waals surface area (Å²) in [6.07, 6.45) is 0. The van der Waals surface area contributed by atoms with Gasteiger partial charge in [0.25, 0.3) is 0 Å². The Hall–Kier alpha value is -11.3. The standard InChI is InChI=1S/C48H38BNO2.C43H29N.C2H6/c1-47(2)48(3,4)52-49(51-47)35-26-34(32-22-24-41-39-18-9-8-16-37(39)38-17-10-11-19-40(38)44(41)28-32)27-36(30-35)50-45-21-13-12-20-42(45)43-25-23-33(29-46(43)50)31-14-6-5-7-15-31;1-28-23-32(30-19-21-38-36-15-6-5-13-34(36)35-14-7-8-16-37(35)41(38)26-30)25-33(24-28)44-42-18-10-9-17-39(42)40-22-20-31(27-43(40)44)29-11-3-2-4-12-29;1-2/h5-30H,1-4H3;2-27H,1H3;1-2H3. The van der Waals surface area contributed by atoms with Crippen molar-refractivity contribution in [3.8, 4) is 55.9 Å². The zero-order valence-corrected chi connectivity index (χ0v) is 56.3. The van der Waals surface area contributed by atoms with E-state index in [1.807, 2.05) is 13.8 Å².